The lowest BCUT2D eigenvalue weighted by Gasteiger charge is -2.13. The van der Waals surface area contributed by atoms with E-state index in [4.69, 9.17) is 4.74 Å². The molecule has 0 aliphatic rings. The summed E-state index contributed by atoms with van der Waals surface area (Å²) >= 11 is 0. The van der Waals surface area contributed by atoms with Crippen molar-refractivity contribution in [3.8, 4) is 0 Å². The average Bonchev–Trinajstić information content (AvgIpc) is 2.36. The molecule has 2 aromatic rings. The third-order valence-corrected chi connectivity index (χ3v) is 2.68. The topological polar surface area (TPSA) is 41.5 Å². The van der Waals surface area contributed by atoms with Crippen LogP contribution in [0.1, 0.15) is 0 Å². The van der Waals surface area contributed by atoms with Crippen molar-refractivity contribution in [3.63, 3.8) is 0 Å². The molecule has 17 heavy (non-hydrogen) atoms. The number of aliphatic hydroxyl groups excluding tert-OH is 1. The van der Waals surface area contributed by atoms with Crippen LogP contribution in [0.5, 0.6) is 0 Å². The summed E-state index contributed by atoms with van der Waals surface area (Å²) in [6, 6.07) is 14.3. The Labute approximate surface area is 101 Å². The molecule has 0 heterocycles. The molecule has 90 valence electrons. The maximum Gasteiger partial charge on any atom is 0.0945 e. The Morgan fingerprint density at radius 3 is 2.76 bits per heavy atom. The molecule has 2 aromatic carbocycles. The fourth-order valence-corrected chi connectivity index (χ4v) is 1.86. The maximum atomic E-state index is 9.60. The summed E-state index contributed by atoms with van der Waals surface area (Å²) in [5.41, 5.74) is 1.04. The third-order valence-electron chi connectivity index (χ3n) is 2.68. The van der Waals surface area contributed by atoms with Gasteiger partial charge in [0.15, 0.2) is 0 Å². The first-order valence-corrected chi connectivity index (χ1v) is 5.70. The molecule has 0 radical (unpaired) electrons. The molecule has 0 bridgehead atoms. The summed E-state index contributed by atoms with van der Waals surface area (Å²) in [6.07, 6.45) is -0.487. The summed E-state index contributed by atoms with van der Waals surface area (Å²) in [5, 5.41) is 15.2. The molecule has 0 saturated heterocycles. The van der Waals surface area contributed by atoms with Crippen molar-refractivity contribution in [2.45, 2.75) is 6.10 Å². The van der Waals surface area contributed by atoms with E-state index in [1.165, 1.54) is 10.8 Å². The van der Waals surface area contributed by atoms with Gasteiger partial charge in [-0.1, -0.05) is 36.4 Å². The molecule has 1 atom stereocenters. The summed E-state index contributed by atoms with van der Waals surface area (Å²) in [4.78, 5) is 0. The number of anilines is 1. The van der Waals surface area contributed by atoms with Gasteiger partial charge in [-0.15, -0.1) is 0 Å². The SMILES string of the molecule is COCC(O)CNc1cccc2ccccc12. The van der Waals surface area contributed by atoms with Crippen molar-refractivity contribution in [2.24, 2.45) is 0 Å². The van der Waals surface area contributed by atoms with Crippen LogP contribution < -0.4 is 5.32 Å². The quantitative estimate of drug-likeness (QED) is 0.829. The molecule has 0 aromatic heterocycles. The highest BCUT2D eigenvalue weighted by molar-refractivity contribution is 5.93. The van der Waals surface area contributed by atoms with Crippen molar-refractivity contribution >= 4 is 16.5 Å². The molecule has 0 aliphatic heterocycles. The van der Waals surface area contributed by atoms with Crippen molar-refractivity contribution in [1.29, 1.82) is 0 Å². The van der Waals surface area contributed by atoms with Crippen molar-refractivity contribution < 1.29 is 9.84 Å². The van der Waals surface area contributed by atoms with E-state index in [2.05, 4.69) is 23.5 Å². The second kappa shape index (κ2) is 5.66. The predicted octanol–water partition coefficient (Wildman–Crippen LogP) is 2.26. The molecule has 0 aliphatic carbocycles. The number of nitrogens with one attached hydrogen (secondary N) is 1. The van der Waals surface area contributed by atoms with Crippen LogP contribution in [0.25, 0.3) is 10.8 Å². The highest BCUT2D eigenvalue weighted by Crippen LogP contribution is 2.22. The average molecular weight is 231 g/mol. The maximum absolute atomic E-state index is 9.60. The minimum Gasteiger partial charge on any atom is -0.389 e. The Bertz CT molecular complexity index is 479. The Kier molecular flexibility index (Phi) is 3.96. The van der Waals surface area contributed by atoms with Crippen LogP contribution in [0.15, 0.2) is 42.5 Å². The van der Waals surface area contributed by atoms with Crippen molar-refractivity contribution in [3.05, 3.63) is 42.5 Å². The van der Waals surface area contributed by atoms with Crippen LogP contribution in [0.2, 0.25) is 0 Å². The molecular weight excluding hydrogens is 214 g/mol. The third kappa shape index (κ3) is 2.96. The first-order valence-electron chi connectivity index (χ1n) is 5.70. The molecule has 2 rings (SSSR count). The van der Waals surface area contributed by atoms with Gasteiger partial charge in [0.2, 0.25) is 0 Å². The number of fused-ring (bicyclic) bond motifs is 1. The lowest BCUT2D eigenvalue weighted by molar-refractivity contribution is 0.0728. The highest BCUT2D eigenvalue weighted by Gasteiger charge is 2.04. The Balaban J connectivity index is 2.13. The molecule has 3 heteroatoms. The molecule has 2 N–H and O–H groups in total. The number of rotatable bonds is 5. The molecule has 1 unspecified atom stereocenters. The Hall–Kier alpha value is -1.58. The zero-order chi connectivity index (χ0) is 12.1. The number of aliphatic hydroxyl groups is 1. The van der Waals surface area contributed by atoms with E-state index < -0.39 is 6.10 Å². The summed E-state index contributed by atoms with van der Waals surface area (Å²) < 4.78 is 4.89. The van der Waals surface area contributed by atoms with Gasteiger partial charge in [0, 0.05) is 24.7 Å². The molecular formula is C14H17NO2. The van der Waals surface area contributed by atoms with Gasteiger partial charge in [-0.3, -0.25) is 0 Å². The van der Waals surface area contributed by atoms with E-state index in [9.17, 15) is 5.11 Å². The van der Waals surface area contributed by atoms with Gasteiger partial charge in [-0.2, -0.15) is 0 Å². The van der Waals surface area contributed by atoms with E-state index in [1.54, 1.807) is 7.11 Å². The highest BCUT2D eigenvalue weighted by atomic mass is 16.5. The number of hydrogen-bond acceptors (Lipinski definition) is 3. The van der Waals surface area contributed by atoms with Gasteiger partial charge in [-0.05, 0) is 11.5 Å². The normalized spacial score (nSPS) is 12.6. The summed E-state index contributed by atoms with van der Waals surface area (Å²) in [6.45, 7) is 0.833. The largest absolute Gasteiger partial charge is 0.389 e. The van der Waals surface area contributed by atoms with E-state index >= 15 is 0 Å². The van der Waals surface area contributed by atoms with Crippen molar-refractivity contribution in [2.75, 3.05) is 25.6 Å². The zero-order valence-corrected chi connectivity index (χ0v) is 9.89. The van der Waals surface area contributed by atoms with Crippen LogP contribution in [-0.4, -0.2) is 31.5 Å². The van der Waals surface area contributed by atoms with E-state index in [-0.39, 0.29) is 0 Å². The minimum atomic E-state index is -0.487. The Morgan fingerprint density at radius 1 is 1.18 bits per heavy atom. The molecule has 3 nitrogen and oxygen atoms in total. The van der Waals surface area contributed by atoms with Gasteiger partial charge in [-0.25, -0.2) is 0 Å². The van der Waals surface area contributed by atoms with E-state index in [0.717, 1.165) is 5.69 Å². The lowest BCUT2D eigenvalue weighted by Crippen LogP contribution is -2.24. The van der Waals surface area contributed by atoms with Crippen LogP contribution in [0.3, 0.4) is 0 Å². The minimum absolute atomic E-state index is 0.345. The molecule has 0 fully saturated rings. The first-order chi connectivity index (χ1) is 8.31. The second-order valence-electron chi connectivity index (χ2n) is 4.02. The van der Waals surface area contributed by atoms with Gasteiger partial charge in [0.05, 0.1) is 12.7 Å². The fourth-order valence-electron chi connectivity index (χ4n) is 1.86. The van der Waals surface area contributed by atoms with Crippen LogP contribution in [0, 0.1) is 0 Å². The van der Waals surface area contributed by atoms with Crippen LogP contribution in [-0.2, 0) is 4.74 Å². The van der Waals surface area contributed by atoms with Crippen LogP contribution in [0.4, 0.5) is 5.69 Å². The van der Waals surface area contributed by atoms with Crippen LogP contribution >= 0.6 is 0 Å². The molecule has 0 saturated carbocycles. The predicted molar refractivity (Wildman–Crippen MR) is 70.3 cm³/mol. The smallest absolute Gasteiger partial charge is 0.0945 e. The fraction of sp³-hybridized carbons (Fsp3) is 0.286. The van der Waals surface area contributed by atoms with E-state index in [1.807, 2.05) is 24.3 Å². The van der Waals surface area contributed by atoms with Crippen molar-refractivity contribution in [1.82, 2.24) is 0 Å². The zero-order valence-electron chi connectivity index (χ0n) is 9.89. The standard InChI is InChI=1S/C14H17NO2/c1-17-10-12(16)9-15-14-8-4-6-11-5-2-3-7-13(11)14/h2-8,12,15-16H,9-10H2,1H3. The summed E-state index contributed by atoms with van der Waals surface area (Å²) in [5.74, 6) is 0. The second-order valence-corrected chi connectivity index (χ2v) is 4.02. The number of hydrogen-bond donors (Lipinski definition) is 2. The summed E-state index contributed by atoms with van der Waals surface area (Å²) in [7, 11) is 1.58. The van der Waals surface area contributed by atoms with E-state index in [0.29, 0.717) is 13.2 Å². The van der Waals surface area contributed by atoms with Gasteiger partial charge in [0.1, 0.15) is 0 Å². The lowest BCUT2D eigenvalue weighted by atomic mass is 10.1. The van der Waals surface area contributed by atoms with Gasteiger partial charge in [0.25, 0.3) is 0 Å². The Morgan fingerprint density at radius 2 is 1.94 bits per heavy atom. The first kappa shape index (κ1) is 11.9. The number of ether oxygens (including phenoxy) is 1. The number of methoxy groups -OCH3 is 1. The van der Waals surface area contributed by atoms with Gasteiger partial charge >= 0.3 is 0 Å². The molecule has 0 spiro atoms. The number of benzene rings is 2. The van der Waals surface area contributed by atoms with Gasteiger partial charge < -0.3 is 15.2 Å². The molecule has 0 amide bonds. The monoisotopic (exact) mass is 231 g/mol.